The monoisotopic (exact) mass is 688 g/mol. The minimum absolute atomic E-state index is 0.0287. The molecule has 2 aliphatic rings. The minimum atomic E-state index is -4.61. The molecule has 3 aromatic rings. The van der Waals surface area contributed by atoms with Crippen LogP contribution in [0.4, 0.5) is 28.9 Å². The lowest BCUT2D eigenvalue weighted by atomic mass is 9.90. The lowest BCUT2D eigenvalue weighted by Crippen LogP contribution is -2.53. The van der Waals surface area contributed by atoms with Crippen molar-refractivity contribution in [2.45, 2.75) is 51.4 Å². The third-order valence-corrected chi connectivity index (χ3v) is 9.19. The summed E-state index contributed by atoms with van der Waals surface area (Å²) < 4.78 is 74.3. The molecule has 1 saturated heterocycles. The Hall–Kier alpha value is -4.59. The van der Waals surface area contributed by atoms with Crippen LogP contribution in [0.25, 0.3) is 11.1 Å². The second-order valence-corrected chi connectivity index (χ2v) is 12.5. The standard InChI is InChI=1S/C35H40F4N4O6/c1-19-14-22(43-11-13-48-18-29(43)35(37,38)39)16-26(36)30(19)32(44)40-27(34(46)47-6)15-21-9-10-24(31-23(21)8-7-12-49-31)25-17-28(41(3)4)20(2)42(5)33(25)45/h9-10,14,16-17,27,29H,7-8,11-13,15,18H2,1-6H3,(H,40,44)/t27-,29+/m0/s1. The topological polar surface area (TPSA) is 102 Å². The number of carbonyl (C=O) groups is 2. The van der Waals surface area contributed by atoms with Crippen LogP contribution in [0.5, 0.6) is 5.75 Å². The van der Waals surface area contributed by atoms with E-state index in [9.17, 15) is 27.6 Å². The molecule has 0 spiro atoms. The van der Waals surface area contributed by atoms with Crippen molar-refractivity contribution in [1.82, 2.24) is 9.88 Å². The van der Waals surface area contributed by atoms with Gasteiger partial charge in [0, 0.05) is 51.1 Å². The summed E-state index contributed by atoms with van der Waals surface area (Å²) in [6.45, 7) is 3.04. The molecule has 10 nitrogen and oxygen atoms in total. The Morgan fingerprint density at radius 2 is 1.86 bits per heavy atom. The molecule has 2 atom stereocenters. The van der Waals surface area contributed by atoms with Gasteiger partial charge in [0.2, 0.25) is 0 Å². The molecular weight excluding hydrogens is 648 g/mol. The van der Waals surface area contributed by atoms with Gasteiger partial charge >= 0.3 is 12.1 Å². The van der Waals surface area contributed by atoms with Gasteiger partial charge in [-0.2, -0.15) is 13.2 Å². The van der Waals surface area contributed by atoms with E-state index in [0.717, 1.165) is 27.9 Å². The molecule has 2 aliphatic heterocycles. The van der Waals surface area contributed by atoms with Crippen molar-refractivity contribution in [3.63, 3.8) is 0 Å². The maximum atomic E-state index is 15.5. The lowest BCUT2D eigenvalue weighted by Gasteiger charge is -2.38. The van der Waals surface area contributed by atoms with Crippen molar-refractivity contribution in [3.8, 4) is 16.9 Å². The van der Waals surface area contributed by atoms with Gasteiger partial charge in [-0.25, -0.2) is 9.18 Å². The summed E-state index contributed by atoms with van der Waals surface area (Å²) in [5, 5.41) is 2.58. The number of hydrogen-bond donors (Lipinski definition) is 1. The van der Waals surface area contributed by atoms with Gasteiger partial charge in [0.1, 0.15) is 23.7 Å². The first-order chi connectivity index (χ1) is 23.1. The third kappa shape index (κ3) is 7.10. The molecule has 1 fully saturated rings. The second kappa shape index (κ2) is 14.1. The zero-order chi connectivity index (χ0) is 35.8. The largest absolute Gasteiger partial charge is 0.493 e. The Labute approximate surface area is 281 Å². The number of aromatic nitrogens is 1. The molecule has 5 rings (SSSR count). The van der Waals surface area contributed by atoms with Gasteiger partial charge in [0.25, 0.3) is 11.5 Å². The van der Waals surface area contributed by atoms with Crippen molar-refractivity contribution < 1.29 is 41.4 Å². The molecule has 3 heterocycles. The lowest BCUT2D eigenvalue weighted by molar-refractivity contribution is -0.167. The molecule has 1 N–H and O–H groups in total. The second-order valence-electron chi connectivity index (χ2n) is 12.5. The number of ether oxygens (including phenoxy) is 3. The van der Waals surface area contributed by atoms with E-state index in [1.54, 1.807) is 23.7 Å². The smallest absolute Gasteiger partial charge is 0.411 e. The average molecular weight is 689 g/mol. The number of nitrogens with zero attached hydrogens (tertiary/aromatic N) is 3. The van der Waals surface area contributed by atoms with Gasteiger partial charge in [-0.1, -0.05) is 12.1 Å². The molecule has 0 aliphatic carbocycles. The van der Waals surface area contributed by atoms with E-state index in [0.29, 0.717) is 41.9 Å². The summed E-state index contributed by atoms with van der Waals surface area (Å²) >= 11 is 0. The summed E-state index contributed by atoms with van der Waals surface area (Å²) in [5.74, 6) is -2.22. The van der Waals surface area contributed by atoms with Crippen molar-refractivity contribution in [1.29, 1.82) is 0 Å². The van der Waals surface area contributed by atoms with Gasteiger partial charge in [0.15, 0.2) is 0 Å². The first-order valence-electron chi connectivity index (χ1n) is 15.9. The predicted octanol–water partition coefficient (Wildman–Crippen LogP) is 4.48. The Kier molecular flexibility index (Phi) is 10.3. The quantitative estimate of drug-likeness (QED) is 0.273. The highest BCUT2D eigenvalue weighted by Crippen LogP contribution is 2.39. The molecular formula is C35H40F4N4O6. The number of halogens is 4. The molecule has 0 saturated carbocycles. The highest BCUT2D eigenvalue weighted by molar-refractivity contribution is 5.98. The van der Waals surface area contributed by atoms with Crippen molar-refractivity contribution in [2.75, 3.05) is 57.4 Å². The summed E-state index contributed by atoms with van der Waals surface area (Å²) in [6.07, 6.45) is -3.37. The zero-order valence-corrected chi connectivity index (χ0v) is 28.3. The maximum Gasteiger partial charge on any atom is 0.411 e. The molecule has 0 radical (unpaired) electrons. The van der Waals surface area contributed by atoms with E-state index >= 15 is 4.39 Å². The molecule has 264 valence electrons. The SMILES string of the molecule is COC(=O)[C@H](Cc1ccc(-c2cc(N(C)C)c(C)n(C)c2=O)c2c1CCCO2)NC(=O)c1c(C)cc(N2CCOC[C@@H]2C(F)(F)F)cc1F. The Morgan fingerprint density at radius 1 is 1.12 bits per heavy atom. The fourth-order valence-corrected chi connectivity index (χ4v) is 6.54. The molecule has 1 aromatic heterocycles. The number of nitrogens with one attached hydrogen (secondary N) is 1. The number of hydrogen-bond acceptors (Lipinski definition) is 8. The maximum absolute atomic E-state index is 15.5. The van der Waals surface area contributed by atoms with E-state index < -0.39 is 48.1 Å². The number of fused-ring (bicyclic) bond motifs is 1. The van der Waals surface area contributed by atoms with Gasteiger partial charge in [0.05, 0.1) is 43.7 Å². The summed E-state index contributed by atoms with van der Waals surface area (Å²) in [5.41, 5.74) is 3.62. The number of morpholine rings is 1. The third-order valence-electron chi connectivity index (χ3n) is 9.19. The Balaban J connectivity index is 1.46. The molecule has 0 bridgehead atoms. The van der Waals surface area contributed by atoms with Crippen LogP contribution < -0.4 is 25.4 Å². The number of amides is 1. The summed E-state index contributed by atoms with van der Waals surface area (Å²) in [7, 11) is 6.65. The summed E-state index contributed by atoms with van der Waals surface area (Å²) in [6, 6.07) is 4.36. The Bertz CT molecular complexity index is 1800. The van der Waals surface area contributed by atoms with E-state index in [2.05, 4.69) is 5.32 Å². The van der Waals surface area contributed by atoms with E-state index in [1.807, 2.05) is 32.0 Å². The van der Waals surface area contributed by atoms with Gasteiger partial charge in [-0.3, -0.25) is 9.59 Å². The molecule has 0 unspecified atom stereocenters. The van der Waals surface area contributed by atoms with Crippen LogP contribution in [0.15, 0.2) is 35.1 Å². The molecule has 14 heteroatoms. The number of carbonyl (C=O) groups excluding carboxylic acids is 2. The number of rotatable bonds is 8. The van der Waals surface area contributed by atoms with Crippen molar-refractivity contribution in [2.24, 2.45) is 7.05 Å². The van der Waals surface area contributed by atoms with Crippen LogP contribution in [0.2, 0.25) is 0 Å². The molecule has 1 amide bonds. The van der Waals surface area contributed by atoms with E-state index in [1.165, 1.54) is 20.1 Å². The van der Waals surface area contributed by atoms with Crippen LogP contribution in [0.3, 0.4) is 0 Å². The molecule has 2 aromatic carbocycles. The first kappa shape index (κ1) is 35.7. The predicted molar refractivity (Wildman–Crippen MR) is 176 cm³/mol. The van der Waals surface area contributed by atoms with Gasteiger partial charge in [-0.15, -0.1) is 0 Å². The van der Waals surface area contributed by atoms with Gasteiger partial charge in [-0.05, 0) is 61.6 Å². The highest BCUT2D eigenvalue weighted by atomic mass is 19.4. The van der Waals surface area contributed by atoms with Crippen molar-refractivity contribution in [3.05, 3.63) is 74.5 Å². The average Bonchev–Trinajstić information content (AvgIpc) is 3.06. The first-order valence-corrected chi connectivity index (χ1v) is 15.9. The minimum Gasteiger partial charge on any atom is -0.493 e. The zero-order valence-electron chi connectivity index (χ0n) is 28.3. The summed E-state index contributed by atoms with van der Waals surface area (Å²) in [4.78, 5) is 42.8. The highest BCUT2D eigenvalue weighted by Gasteiger charge is 2.45. The number of esters is 1. The number of anilines is 2. The number of aryl methyl sites for hydroxylation is 1. The number of pyridine rings is 1. The van der Waals surface area contributed by atoms with Crippen LogP contribution in [0.1, 0.15) is 39.2 Å². The normalized spacial score (nSPS) is 16.8. The van der Waals surface area contributed by atoms with E-state index in [-0.39, 0.29) is 36.4 Å². The van der Waals surface area contributed by atoms with Crippen LogP contribution in [0, 0.1) is 19.7 Å². The Morgan fingerprint density at radius 3 is 2.51 bits per heavy atom. The van der Waals surface area contributed by atoms with Crippen LogP contribution in [-0.2, 0) is 34.2 Å². The van der Waals surface area contributed by atoms with E-state index in [4.69, 9.17) is 14.2 Å². The fraction of sp³-hybridized carbons (Fsp3) is 0.457. The number of benzene rings is 2. The van der Waals surface area contributed by atoms with Crippen molar-refractivity contribution >= 4 is 23.3 Å². The van der Waals surface area contributed by atoms with Crippen LogP contribution in [-0.4, -0.2) is 82.3 Å². The molecule has 49 heavy (non-hydrogen) atoms. The number of methoxy groups -OCH3 is 1. The van der Waals surface area contributed by atoms with Gasteiger partial charge < -0.3 is 33.9 Å². The number of alkyl halides is 3. The fourth-order valence-electron chi connectivity index (χ4n) is 6.54. The van der Waals surface area contributed by atoms with Crippen LogP contribution >= 0.6 is 0 Å².